The lowest BCUT2D eigenvalue weighted by Gasteiger charge is -2.46. The fourth-order valence-electron chi connectivity index (χ4n) is 3.96. The molecule has 9 nitrogen and oxygen atoms in total. The van der Waals surface area contributed by atoms with Gasteiger partial charge in [0.25, 0.3) is 0 Å². The number of aliphatic hydroxyl groups excluding tert-OH is 1. The van der Waals surface area contributed by atoms with E-state index < -0.39 is 29.9 Å². The number of rotatable bonds is 5. The molecule has 3 rings (SSSR count). The third kappa shape index (κ3) is 2.67. The van der Waals surface area contributed by atoms with Crippen LogP contribution in [-0.4, -0.2) is 69.2 Å². The van der Waals surface area contributed by atoms with Gasteiger partial charge in [-0.2, -0.15) is 0 Å². The number of amidine groups is 1. The van der Waals surface area contributed by atoms with E-state index in [2.05, 4.69) is 10.3 Å². The second kappa shape index (κ2) is 6.58. The molecule has 5 N–H and O–H groups in total. The van der Waals surface area contributed by atoms with Crippen molar-refractivity contribution < 1.29 is 24.6 Å². The van der Waals surface area contributed by atoms with E-state index in [-0.39, 0.29) is 28.8 Å². The zero-order chi connectivity index (χ0) is 19.3. The zero-order valence-corrected chi connectivity index (χ0v) is 15.5. The smallest absolute Gasteiger partial charge is 0.353 e. The molecule has 0 radical (unpaired) electrons. The number of aliphatic carboxylic acids is 1. The van der Waals surface area contributed by atoms with Gasteiger partial charge < -0.3 is 26.2 Å². The highest BCUT2D eigenvalue weighted by molar-refractivity contribution is 8.04. The van der Waals surface area contributed by atoms with Gasteiger partial charge in [-0.1, -0.05) is 6.92 Å². The molecule has 1 unspecified atom stereocenters. The Kier molecular flexibility index (Phi) is 4.74. The summed E-state index contributed by atoms with van der Waals surface area (Å²) in [6, 6.07) is -1.01. The van der Waals surface area contributed by atoms with E-state index in [4.69, 9.17) is 5.73 Å². The number of carbonyl (C=O) groups excluding carboxylic acids is 2. The van der Waals surface area contributed by atoms with Crippen LogP contribution in [0, 0.1) is 11.8 Å². The highest BCUT2D eigenvalue weighted by atomic mass is 32.2. The highest BCUT2D eigenvalue weighted by Crippen LogP contribution is 2.52. The number of carbonyl (C=O) groups is 3. The topological polar surface area (TPSA) is 145 Å². The average Bonchev–Trinajstić information content (AvgIpc) is 3.06. The first-order valence-corrected chi connectivity index (χ1v) is 9.27. The van der Waals surface area contributed by atoms with Crippen LogP contribution >= 0.6 is 11.8 Å². The van der Waals surface area contributed by atoms with Crippen molar-refractivity contribution in [3.05, 3.63) is 10.6 Å². The van der Waals surface area contributed by atoms with Gasteiger partial charge in [-0.25, -0.2) is 4.79 Å². The Labute approximate surface area is 154 Å². The number of nitrogens with one attached hydrogen (secondary N) is 1. The maximum atomic E-state index is 12.4. The van der Waals surface area contributed by atoms with Crippen molar-refractivity contribution in [2.24, 2.45) is 22.6 Å². The van der Waals surface area contributed by atoms with Crippen LogP contribution < -0.4 is 11.1 Å². The van der Waals surface area contributed by atoms with E-state index in [1.165, 1.54) is 16.7 Å². The summed E-state index contributed by atoms with van der Waals surface area (Å²) in [7, 11) is 1.68. The monoisotopic (exact) mass is 382 g/mol. The molecule has 0 bridgehead atoms. The Morgan fingerprint density at radius 1 is 1.46 bits per heavy atom. The summed E-state index contributed by atoms with van der Waals surface area (Å²) >= 11 is 1.30. The van der Waals surface area contributed by atoms with E-state index >= 15 is 0 Å². The number of β-lactam (4-membered cyclic amide) rings is 1. The molecule has 6 atom stereocenters. The van der Waals surface area contributed by atoms with E-state index in [1.54, 1.807) is 14.0 Å². The Balaban J connectivity index is 1.90. The predicted molar refractivity (Wildman–Crippen MR) is 95.1 cm³/mol. The van der Waals surface area contributed by atoms with Crippen LogP contribution in [-0.2, 0) is 14.4 Å². The minimum Gasteiger partial charge on any atom is -0.477 e. The highest BCUT2D eigenvalue weighted by Gasteiger charge is 2.60. The Morgan fingerprint density at radius 2 is 2.12 bits per heavy atom. The van der Waals surface area contributed by atoms with Crippen LogP contribution in [0.3, 0.4) is 0 Å². The fraction of sp³-hybridized carbons (Fsp3) is 0.625. The number of primary amides is 1. The van der Waals surface area contributed by atoms with Crippen molar-refractivity contribution in [2.75, 3.05) is 7.05 Å². The number of hydrogen-bond acceptors (Lipinski definition) is 7. The SMILES string of the molecule is CNC1=N[C@H](C(N)=O)CC1SC1=C(C(=O)O)N2C(=O)[C@H]([C@@H](C)O)[C@H]2[C@H]1C. The van der Waals surface area contributed by atoms with Gasteiger partial charge in [-0.05, 0) is 13.3 Å². The van der Waals surface area contributed by atoms with Crippen molar-refractivity contribution in [3.8, 4) is 0 Å². The molecule has 3 aliphatic heterocycles. The average molecular weight is 382 g/mol. The fourth-order valence-corrected chi connectivity index (χ4v) is 5.49. The second-order valence-electron chi connectivity index (χ2n) is 6.80. The summed E-state index contributed by atoms with van der Waals surface area (Å²) in [5.41, 5.74) is 5.31. The number of nitrogens with two attached hydrogens (primary N) is 1. The lowest BCUT2D eigenvalue weighted by Crippen LogP contribution is -2.63. The van der Waals surface area contributed by atoms with Gasteiger partial charge >= 0.3 is 5.97 Å². The van der Waals surface area contributed by atoms with E-state index in [0.29, 0.717) is 17.2 Å². The van der Waals surface area contributed by atoms with Gasteiger partial charge in [0.15, 0.2) is 0 Å². The summed E-state index contributed by atoms with van der Waals surface area (Å²) in [6.45, 7) is 3.40. The molecule has 0 aromatic rings. The lowest BCUT2D eigenvalue weighted by molar-refractivity contribution is -0.163. The Bertz CT molecular complexity index is 734. The number of nitrogens with zero attached hydrogens (tertiary/aromatic N) is 2. The summed E-state index contributed by atoms with van der Waals surface area (Å²) in [6.07, 6.45) is -0.469. The Morgan fingerprint density at radius 3 is 2.62 bits per heavy atom. The minimum absolute atomic E-state index is 0.0348. The maximum Gasteiger partial charge on any atom is 0.353 e. The number of carboxylic acids is 1. The molecule has 0 aromatic heterocycles. The van der Waals surface area contributed by atoms with Crippen molar-refractivity contribution in [3.63, 3.8) is 0 Å². The van der Waals surface area contributed by atoms with Gasteiger partial charge in [0, 0.05) is 17.9 Å². The predicted octanol–water partition coefficient (Wildman–Crippen LogP) is -0.883. The normalized spacial score (nSPS) is 34.3. The summed E-state index contributed by atoms with van der Waals surface area (Å²) in [5, 5.41) is 22.2. The number of aliphatic imine (C=N–C) groups is 1. The molecule has 26 heavy (non-hydrogen) atoms. The van der Waals surface area contributed by atoms with Crippen LogP contribution in [0.15, 0.2) is 15.6 Å². The van der Waals surface area contributed by atoms with Crippen LogP contribution in [0.1, 0.15) is 20.3 Å². The quantitative estimate of drug-likeness (QED) is 0.452. The standard InChI is InChI=1S/C16H22N4O5S/c1-5-10-9(6(2)21)15(23)20(10)11(16(24)25)12(5)26-8-4-7(13(17)22)19-14(8)18-3/h5-10,21H,4H2,1-3H3,(H2,17,22)(H,18,19)(H,24,25)/t5-,6-,7+,8?,9-,10-/m1/s1. The molecule has 3 aliphatic rings. The van der Waals surface area contributed by atoms with Gasteiger partial charge in [0.2, 0.25) is 11.8 Å². The second-order valence-corrected chi connectivity index (χ2v) is 8.04. The molecule has 1 saturated heterocycles. The Hall–Kier alpha value is -2.07. The first kappa shape index (κ1) is 18.7. The van der Waals surface area contributed by atoms with Crippen LogP contribution in [0.4, 0.5) is 0 Å². The number of amides is 2. The minimum atomic E-state index is -1.17. The molecule has 0 aromatic carbocycles. The number of fused-ring (bicyclic) bond motifs is 1. The van der Waals surface area contributed by atoms with Crippen molar-refractivity contribution in [2.45, 2.75) is 43.7 Å². The molecular formula is C16H22N4O5S. The number of thioether (sulfide) groups is 1. The third-order valence-electron chi connectivity index (χ3n) is 5.20. The third-order valence-corrected chi connectivity index (χ3v) is 6.72. The number of aliphatic hydroxyl groups is 1. The number of hydrogen-bond donors (Lipinski definition) is 4. The molecule has 10 heteroatoms. The molecule has 142 valence electrons. The molecule has 0 spiro atoms. The number of carboxylic acid groups (broad SMARTS) is 1. The largest absolute Gasteiger partial charge is 0.477 e. The zero-order valence-electron chi connectivity index (χ0n) is 14.7. The van der Waals surface area contributed by atoms with Crippen LogP contribution in [0.5, 0.6) is 0 Å². The maximum absolute atomic E-state index is 12.4. The van der Waals surface area contributed by atoms with E-state index in [1.807, 2.05) is 6.92 Å². The summed E-state index contributed by atoms with van der Waals surface area (Å²) in [5.74, 6) is -2.32. The lowest BCUT2D eigenvalue weighted by atomic mass is 9.79. The molecule has 2 amide bonds. The summed E-state index contributed by atoms with van der Waals surface area (Å²) in [4.78, 5) is 41.7. The molecule has 1 fully saturated rings. The molecular weight excluding hydrogens is 360 g/mol. The molecule has 0 aliphatic carbocycles. The molecule has 0 saturated carbocycles. The van der Waals surface area contributed by atoms with Crippen LogP contribution in [0.25, 0.3) is 0 Å². The van der Waals surface area contributed by atoms with E-state index in [9.17, 15) is 24.6 Å². The van der Waals surface area contributed by atoms with Crippen molar-refractivity contribution >= 4 is 35.4 Å². The van der Waals surface area contributed by atoms with E-state index in [0.717, 1.165) is 0 Å². The van der Waals surface area contributed by atoms with Gasteiger partial charge in [0.1, 0.15) is 17.6 Å². The van der Waals surface area contributed by atoms with Gasteiger partial charge in [0.05, 0.1) is 23.3 Å². The first-order valence-electron chi connectivity index (χ1n) is 8.39. The van der Waals surface area contributed by atoms with Crippen molar-refractivity contribution in [1.82, 2.24) is 10.2 Å². The van der Waals surface area contributed by atoms with Gasteiger partial charge in [-0.3, -0.25) is 14.6 Å². The molecule has 3 heterocycles. The first-order chi connectivity index (χ1) is 12.2. The summed E-state index contributed by atoms with van der Waals surface area (Å²) < 4.78 is 0. The van der Waals surface area contributed by atoms with Gasteiger partial charge in [-0.15, -0.1) is 11.8 Å². The van der Waals surface area contributed by atoms with Crippen molar-refractivity contribution in [1.29, 1.82) is 0 Å². The van der Waals surface area contributed by atoms with Crippen LogP contribution in [0.2, 0.25) is 0 Å².